The number of hydrogen-bond donors (Lipinski definition) is 1. The Labute approximate surface area is 155 Å². The van der Waals surface area contributed by atoms with Crippen molar-refractivity contribution in [3.8, 4) is 5.69 Å². The summed E-state index contributed by atoms with van der Waals surface area (Å²) in [6.45, 7) is 9.73. The maximum Gasteiger partial charge on any atom is 0.255 e. The monoisotopic (exact) mass is 357 g/mol. The average Bonchev–Trinajstić information content (AvgIpc) is 2.95. The Hall–Kier alpha value is -2.14. The zero-order chi connectivity index (χ0) is 18.7. The van der Waals surface area contributed by atoms with Crippen molar-refractivity contribution in [2.45, 2.75) is 33.6 Å². The van der Waals surface area contributed by atoms with Gasteiger partial charge in [0, 0.05) is 30.2 Å². The fraction of sp³-hybridized carbons (Fsp3) is 0.476. The van der Waals surface area contributed by atoms with Crippen LogP contribution in [-0.2, 0) is 0 Å². The Balaban J connectivity index is 1.75. The van der Waals surface area contributed by atoms with E-state index in [2.05, 4.69) is 12.2 Å². The minimum absolute atomic E-state index is 0.105. The van der Waals surface area contributed by atoms with Crippen LogP contribution in [0.5, 0.6) is 0 Å². The third-order valence-electron chi connectivity index (χ3n) is 5.33. The normalized spacial score (nSPS) is 15.5. The maximum atomic E-state index is 13.2. The summed E-state index contributed by atoms with van der Waals surface area (Å²) in [5.41, 5.74) is 3.52. The molecule has 4 nitrogen and oxygen atoms in total. The molecule has 1 aromatic heterocycles. The third-order valence-corrected chi connectivity index (χ3v) is 5.33. The number of aromatic nitrogens is 1. The number of amides is 1. The lowest BCUT2D eigenvalue weighted by atomic mass is 9.96. The van der Waals surface area contributed by atoms with Crippen molar-refractivity contribution in [3.05, 3.63) is 53.1 Å². The predicted molar refractivity (Wildman–Crippen MR) is 102 cm³/mol. The van der Waals surface area contributed by atoms with Crippen molar-refractivity contribution < 1.29 is 9.18 Å². The van der Waals surface area contributed by atoms with E-state index in [-0.39, 0.29) is 11.7 Å². The Morgan fingerprint density at radius 1 is 1.19 bits per heavy atom. The predicted octanol–water partition coefficient (Wildman–Crippen LogP) is 3.69. The Morgan fingerprint density at radius 2 is 1.85 bits per heavy atom. The number of hydrogen-bond acceptors (Lipinski definition) is 2. The van der Waals surface area contributed by atoms with Gasteiger partial charge in [-0.1, -0.05) is 6.92 Å². The second-order valence-corrected chi connectivity index (χ2v) is 7.14. The number of benzene rings is 1. The maximum absolute atomic E-state index is 13.2. The molecule has 0 atom stereocenters. The number of halogens is 1. The first-order valence-corrected chi connectivity index (χ1v) is 9.46. The summed E-state index contributed by atoms with van der Waals surface area (Å²) >= 11 is 0. The van der Waals surface area contributed by atoms with E-state index in [1.807, 2.05) is 29.4 Å². The van der Waals surface area contributed by atoms with E-state index >= 15 is 0 Å². The van der Waals surface area contributed by atoms with Crippen LogP contribution >= 0.6 is 0 Å². The van der Waals surface area contributed by atoms with Crippen LogP contribution in [0.1, 0.15) is 41.5 Å². The first-order valence-electron chi connectivity index (χ1n) is 9.46. The van der Waals surface area contributed by atoms with E-state index in [1.54, 1.807) is 12.1 Å². The molecule has 0 radical (unpaired) electrons. The number of aryl methyl sites for hydroxylation is 1. The molecule has 1 saturated heterocycles. The highest BCUT2D eigenvalue weighted by Gasteiger charge is 2.26. The largest absolute Gasteiger partial charge is 0.339 e. The lowest BCUT2D eigenvalue weighted by Crippen LogP contribution is -2.40. The molecule has 26 heavy (non-hydrogen) atoms. The van der Waals surface area contributed by atoms with Crippen LogP contribution in [0.4, 0.5) is 4.39 Å². The SMILES string of the molecule is CCNCC1CCN(C(=O)c2cc(C)n(-c3ccc(F)cc3)c2C)CC1. The highest BCUT2D eigenvalue weighted by molar-refractivity contribution is 5.96. The summed E-state index contributed by atoms with van der Waals surface area (Å²) < 4.78 is 15.2. The molecule has 140 valence electrons. The van der Waals surface area contributed by atoms with E-state index in [0.717, 1.165) is 61.7 Å². The molecular formula is C21H28FN3O. The smallest absolute Gasteiger partial charge is 0.255 e. The second kappa shape index (κ2) is 8.04. The second-order valence-electron chi connectivity index (χ2n) is 7.14. The number of nitrogens with zero attached hydrogens (tertiary/aromatic N) is 2. The molecule has 1 fully saturated rings. The summed E-state index contributed by atoms with van der Waals surface area (Å²) in [6, 6.07) is 8.34. The van der Waals surface area contributed by atoms with Gasteiger partial charge in [0.2, 0.25) is 0 Å². The number of carbonyl (C=O) groups is 1. The first-order chi connectivity index (χ1) is 12.5. The number of likely N-dealkylation sites (tertiary alicyclic amines) is 1. The van der Waals surface area contributed by atoms with E-state index in [1.165, 1.54) is 12.1 Å². The van der Waals surface area contributed by atoms with Gasteiger partial charge in [0.05, 0.1) is 5.56 Å². The molecule has 1 N–H and O–H groups in total. The lowest BCUT2D eigenvalue weighted by molar-refractivity contribution is 0.0689. The van der Waals surface area contributed by atoms with E-state index in [9.17, 15) is 9.18 Å². The minimum Gasteiger partial charge on any atom is -0.339 e. The summed E-state index contributed by atoms with van der Waals surface area (Å²) in [5.74, 6) is 0.506. The number of piperidine rings is 1. The number of rotatable bonds is 5. The molecule has 2 aromatic rings. The molecular weight excluding hydrogens is 329 g/mol. The van der Waals surface area contributed by atoms with Gasteiger partial charge in [-0.25, -0.2) is 4.39 Å². The quantitative estimate of drug-likeness (QED) is 0.886. The van der Waals surface area contributed by atoms with Crippen LogP contribution in [0.3, 0.4) is 0 Å². The molecule has 0 unspecified atom stereocenters. The van der Waals surface area contributed by atoms with Gasteiger partial charge < -0.3 is 14.8 Å². The zero-order valence-electron chi connectivity index (χ0n) is 15.9. The summed E-state index contributed by atoms with van der Waals surface area (Å²) in [7, 11) is 0. The third kappa shape index (κ3) is 3.83. The van der Waals surface area contributed by atoms with Crippen molar-refractivity contribution in [1.29, 1.82) is 0 Å². The van der Waals surface area contributed by atoms with E-state index in [4.69, 9.17) is 0 Å². The van der Waals surface area contributed by atoms with Crippen molar-refractivity contribution in [1.82, 2.24) is 14.8 Å². The van der Waals surface area contributed by atoms with Gasteiger partial charge in [0.1, 0.15) is 5.82 Å². The first kappa shape index (κ1) is 18.6. The molecule has 0 aliphatic carbocycles. The van der Waals surface area contributed by atoms with Gasteiger partial charge in [-0.2, -0.15) is 0 Å². The van der Waals surface area contributed by atoms with Crippen LogP contribution in [0.25, 0.3) is 5.69 Å². The molecule has 1 amide bonds. The van der Waals surface area contributed by atoms with Crippen molar-refractivity contribution in [2.24, 2.45) is 5.92 Å². The van der Waals surface area contributed by atoms with E-state index < -0.39 is 0 Å². The van der Waals surface area contributed by atoms with Crippen LogP contribution in [-0.4, -0.2) is 41.6 Å². The highest BCUT2D eigenvalue weighted by Crippen LogP contribution is 2.24. The lowest BCUT2D eigenvalue weighted by Gasteiger charge is -2.32. The van der Waals surface area contributed by atoms with Gasteiger partial charge in [0.25, 0.3) is 5.91 Å². The zero-order valence-corrected chi connectivity index (χ0v) is 15.9. The Kier molecular flexibility index (Phi) is 5.77. The summed E-state index contributed by atoms with van der Waals surface area (Å²) in [5, 5.41) is 3.40. The highest BCUT2D eigenvalue weighted by atomic mass is 19.1. The topological polar surface area (TPSA) is 37.3 Å². The molecule has 1 aromatic carbocycles. The Morgan fingerprint density at radius 3 is 2.46 bits per heavy atom. The molecule has 0 bridgehead atoms. The van der Waals surface area contributed by atoms with Crippen molar-refractivity contribution >= 4 is 5.91 Å². The average molecular weight is 357 g/mol. The van der Waals surface area contributed by atoms with Crippen molar-refractivity contribution in [2.75, 3.05) is 26.2 Å². The Bertz CT molecular complexity index is 758. The van der Waals surface area contributed by atoms with E-state index in [0.29, 0.717) is 5.92 Å². The number of carbonyl (C=O) groups excluding carboxylic acids is 1. The number of nitrogens with one attached hydrogen (secondary N) is 1. The standard InChI is InChI=1S/C21H28FN3O/c1-4-23-14-17-9-11-24(12-10-17)21(26)20-13-15(2)25(16(20)3)19-7-5-18(22)6-8-19/h5-8,13,17,23H,4,9-12,14H2,1-3H3. The minimum atomic E-state index is -0.257. The van der Waals surface area contributed by atoms with Crippen LogP contribution in [0.2, 0.25) is 0 Å². The fourth-order valence-corrected chi connectivity index (χ4v) is 3.83. The molecule has 5 heteroatoms. The molecule has 0 spiro atoms. The van der Waals surface area contributed by atoms with Crippen molar-refractivity contribution in [3.63, 3.8) is 0 Å². The molecule has 0 saturated carbocycles. The van der Waals surface area contributed by atoms with Crippen LogP contribution in [0.15, 0.2) is 30.3 Å². The molecule has 1 aliphatic heterocycles. The van der Waals surface area contributed by atoms with Gasteiger partial charge >= 0.3 is 0 Å². The fourth-order valence-electron chi connectivity index (χ4n) is 3.83. The van der Waals surface area contributed by atoms with Crippen LogP contribution < -0.4 is 5.32 Å². The molecule has 3 rings (SSSR count). The van der Waals surface area contributed by atoms with Crippen LogP contribution in [0, 0.1) is 25.6 Å². The molecule has 2 heterocycles. The summed E-state index contributed by atoms with van der Waals surface area (Å²) in [4.78, 5) is 15.0. The summed E-state index contributed by atoms with van der Waals surface area (Å²) in [6.07, 6.45) is 2.10. The van der Waals surface area contributed by atoms with Gasteiger partial charge in [-0.3, -0.25) is 4.79 Å². The molecule has 1 aliphatic rings. The van der Waals surface area contributed by atoms with Gasteiger partial charge in [0.15, 0.2) is 0 Å². The van der Waals surface area contributed by atoms with Gasteiger partial charge in [-0.05, 0) is 76.0 Å². The van der Waals surface area contributed by atoms with Gasteiger partial charge in [-0.15, -0.1) is 0 Å².